The summed E-state index contributed by atoms with van der Waals surface area (Å²) < 4.78 is 59.6. The molecule has 1 N–H and O–H groups in total. The number of methoxy groups -OCH3 is 1. The Bertz CT molecular complexity index is 1350. The summed E-state index contributed by atoms with van der Waals surface area (Å²) in [4.78, 5) is 4.45. The molecule has 174 valence electrons. The molecule has 0 spiro atoms. The fourth-order valence-electron chi connectivity index (χ4n) is 3.29. The van der Waals surface area contributed by atoms with Crippen molar-refractivity contribution in [3.8, 4) is 17.0 Å². The summed E-state index contributed by atoms with van der Waals surface area (Å²) in [5.74, 6) is 0.230. The van der Waals surface area contributed by atoms with Crippen LogP contribution in [-0.4, -0.2) is 43.8 Å². The summed E-state index contributed by atoms with van der Waals surface area (Å²) >= 11 is 0. The number of anilines is 1. The molecule has 0 aliphatic rings. The Morgan fingerprint density at radius 1 is 1.12 bits per heavy atom. The molecule has 0 fully saturated rings. The van der Waals surface area contributed by atoms with Crippen LogP contribution in [0.1, 0.15) is 34.6 Å². The highest BCUT2D eigenvalue weighted by Crippen LogP contribution is 2.34. The van der Waals surface area contributed by atoms with Gasteiger partial charge in [-0.2, -0.15) is 0 Å². The second kappa shape index (κ2) is 8.40. The SMILES string of the molecule is COc1cc2ncc(-c3cccc(NS(=O)(=O)CC(C)C)c3)n2cc1S(=O)(=O)C(C)(C)C. The molecule has 0 radical (unpaired) electrons. The zero-order chi connectivity index (χ0) is 23.9. The monoisotopic (exact) mass is 479 g/mol. The number of rotatable bonds is 7. The van der Waals surface area contributed by atoms with E-state index < -0.39 is 24.6 Å². The molecule has 3 aromatic rings. The number of fused-ring (bicyclic) bond motifs is 1. The van der Waals surface area contributed by atoms with Crippen LogP contribution in [0.4, 0.5) is 5.69 Å². The zero-order valence-corrected chi connectivity index (χ0v) is 20.7. The van der Waals surface area contributed by atoms with Gasteiger partial charge in [-0.25, -0.2) is 21.8 Å². The van der Waals surface area contributed by atoms with Crippen molar-refractivity contribution in [1.29, 1.82) is 0 Å². The molecular formula is C22H29N3O5S2. The van der Waals surface area contributed by atoms with Gasteiger partial charge in [0.1, 0.15) is 16.3 Å². The number of aromatic nitrogens is 2. The zero-order valence-electron chi connectivity index (χ0n) is 19.1. The number of nitrogens with one attached hydrogen (secondary N) is 1. The van der Waals surface area contributed by atoms with Crippen LogP contribution in [0.2, 0.25) is 0 Å². The van der Waals surface area contributed by atoms with E-state index in [9.17, 15) is 16.8 Å². The van der Waals surface area contributed by atoms with Crippen LogP contribution in [0.5, 0.6) is 5.75 Å². The Kier molecular flexibility index (Phi) is 6.32. The molecule has 0 amide bonds. The van der Waals surface area contributed by atoms with Crippen LogP contribution in [0.3, 0.4) is 0 Å². The number of imidazole rings is 1. The standard InChI is InChI=1S/C22H29N3O5S2/c1-15(2)14-31(26,27)24-17-9-7-8-16(10-17)18-12-23-21-11-19(30-6)20(13-25(18)21)32(28,29)22(3,4)5/h7-13,15,24H,14H2,1-6H3. The summed E-state index contributed by atoms with van der Waals surface area (Å²) in [6.07, 6.45) is 3.12. The molecule has 3 rings (SSSR count). The third kappa shape index (κ3) is 4.75. The number of sulfone groups is 1. The maximum Gasteiger partial charge on any atom is 0.232 e. The summed E-state index contributed by atoms with van der Waals surface area (Å²) in [5, 5.41) is 0. The van der Waals surface area contributed by atoms with Crippen molar-refractivity contribution in [3.63, 3.8) is 0 Å². The van der Waals surface area contributed by atoms with Gasteiger partial charge >= 0.3 is 0 Å². The molecule has 1 aromatic carbocycles. The van der Waals surface area contributed by atoms with E-state index in [0.29, 0.717) is 22.6 Å². The van der Waals surface area contributed by atoms with Crippen molar-refractivity contribution < 1.29 is 21.6 Å². The Hall–Kier alpha value is -2.59. The van der Waals surface area contributed by atoms with Crippen LogP contribution in [0.25, 0.3) is 16.9 Å². The minimum atomic E-state index is -3.70. The second-order valence-corrected chi connectivity index (χ2v) is 13.5. The molecule has 0 saturated carbocycles. The predicted molar refractivity (Wildman–Crippen MR) is 126 cm³/mol. The van der Waals surface area contributed by atoms with Crippen molar-refractivity contribution in [3.05, 3.63) is 42.7 Å². The molecule has 0 unspecified atom stereocenters. The normalized spacial score (nSPS) is 13.0. The average molecular weight is 480 g/mol. The molecule has 0 saturated heterocycles. The van der Waals surface area contributed by atoms with Gasteiger partial charge < -0.3 is 4.74 Å². The predicted octanol–water partition coefficient (Wildman–Crippen LogP) is 3.98. The molecule has 32 heavy (non-hydrogen) atoms. The van der Waals surface area contributed by atoms with Gasteiger partial charge in [0.25, 0.3) is 0 Å². The van der Waals surface area contributed by atoms with E-state index in [1.807, 2.05) is 19.9 Å². The van der Waals surface area contributed by atoms with E-state index in [1.165, 1.54) is 13.3 Å². The van der Waals surface area contributed by atoms with E-state index in [2.05, 4.69) is 9.71 Å². The Balaban J connectivity index is 2.12. The number of sulfonamides is 1. The molecule has 0 aliphatic carbocycles. The van der Waals surface area contributed by atoms with Crippen LogP contribution >= 0.6 is 0 Å². The average Bonchev–Trinajstić information content (AvgIpc) is 3.07. The number of hydrogen-bond donors (Lipinski definition) is 1. The van der Waals surface area contributed by atoms with Crippen LogP contribution in [-0.2, 0) is 19.9 Å². The van der Waals surface area contributed by atoms with E-state index in [1.54, 1.807) is 55.6 Å². The summed E-state index contributed by atoms with van der Waals surface area (Å²) in [6, 6.07) is 8.49. The molecule has 0 atom stereocenters. The topological polar surface area (TPSA) is 107 Å². The Morgan fingerprint density at radius 3 is 2.41 bits per heavy atom. The first-order valence-electron chi connectivity index (χ1n) is 10.2. The lowest BCUT2D eigenvalue weighted by Gasteiger charge is -2.21. The first kappa shape index (κ1) is 24.1. The molecule has 8 nitrogen and oxygen atoms in total. The number of benzene rings is 1. The molecule has 2 heterocycles. The van der Waals surface area contributed by atoms with Crippen LogP contribution < -0.4 is 9.46 Å². The number of nitrogens with zero attached hydrogens (tertiary/aromatic N) is 2. The Labute approximate surface area is 189 Å². The van der Waals surface area contributed by atoms with Gasteiger partial charge in [0.15, 0.2) is 9.84 Å². The van der Waals surface area contributed by atoms with E-state index >= 15 is 0 Å². The lowest BCUT2D eigenvalue weighted by molar-refractivity contribution is 0.401. The van der Waals surface area contributed by atoms with Crippen molar-refractivity contribution in [2.24, 2.45) is 5.92 Å². The fraction of sp³-hybridized carbons (Fsp3) is 0.409. The van der Waals surface area contributed by atoms with Gasteiger partial charge in [-0.05, 0) is 38.8 Å². The number of hydrogen-bond acceptors (Lipinski definition) is 6. The van der Waals surface area contributed by atoms with Crippen molar-refractivity contribution in [2.75, 3.05) is 17.6 Å². The van der Waals surface area contributed by atoms with E-state index in [-0.39, 0.29) is 22.3 Å². The number of ether oxygens (including phenoxy) is 1. The molecule has 0 bridgehead atoms. The highest BCUT2D eigenvalue weighted by Gasteiger charge is 2.34. The van der Waals surface area contributed by atoms with Gasteiger partial charge in [0.05, 0.1) is 29.5 Å². The lowest BCUT2D eigenvalue weighted by atomic mass is 10.1. The van der Waals surface area contributed by atoms with E-state index in [0.717, 1.165) is 0 Å². The number of pyridine rings is 1. The highest BCUT2D eigenvalue weighted by molar-refractivity contribution is 7.93. The van der Waals surface area contributed by atoms with Crippen molar-refractivity contribution in [2.45, 2.75) is 44.3 Å². The van der Waals surface area contributed by atoms with E-state index in [4.69, 9.17) is 4.74 Å². The lowest BCUT2D eigenvalue weighted by Crippen LogP contribution is -2.28. The fourth-order valence-corrected chi connectivity index (χ4v) is 6.05. The summed E-state index contributed by atoms with van der Waals surface area (Å²) in [6.45, 7) is 8.58. The molecule has 2 aromatic heterocycles. The Morgan fingerprint density at radius 2 is 1.81 bits per heavy atom. The van der Waals surface area contributed by atoms with Crippen molar-refractivity contribution in [1.82, 2.24) is 9.38 Å². The van der Waals surface area contributed by atoms with Gasteiger partial charge in [-0.15, -0.1) is 0 Å². The smallest absolute Gasteiger partial charge is 0.232 e. The first-order chi connectivity index (χ1) is 14.7. The van der Waals surface area contributed by atoms with Gasteiger partial charge in [0.2, 0.25) is 10.0 Å². The van der Waals surface area contributed by atoms with Gasteiger partial charge in [0, 0.05) is 23.5 Å². The second-order valence-electron chi connectivity index (χ2n) is 9.05. The maximum atomic E-state index is 13.2. The third-order valence-electron chi connectivity index (χ3n) is 4.87. The van der Waals surface area contributed by atoms with Crippen molar-refractivity contribution >= 4 is 31.2 Å². The summed E-state index contributed by atoms with van der Waals surface area (Å²) in [5.41, 5.74) is 2.24. The largest absolute Gasteiger partial charge is 0.495 e. The van der Waals surface area contributed by atoms with Gasteiger partial charge in [-0.1, -0.05) is 26.0 Å². The van der Waals surface area contributed by atoms with Crippen LogP contribution in [0.15, 0.2) is 47.6 Å². The molecular weight excluding hydrogens is 450 g/mol. The third-order valence-corrected chi connectivity index (χ3v) is 9.03. The highest BCUT2D eigenvalue weighted by atomic mass is 32.2. The first-order valence-corrected chi connectivity index (χ1v) is 13.3. The minimum Gasteiger partial charge on any atom is -0.495 e. The maximum absolute atomic E-state index is 13.2. The summed E-state index contributed by atoms with van der Waals surface area (Å²) in [7, 11) is -5.76. The molecule has 0 aliphatic heterocycles. The quantitative estimate of drug-likeness (QED) is 0.549. The minimum absolute atomic E-state index is 0.00683. The molecule has 10 heteroatoms. The van der Waals surface area contributed by atoms with Crippen LogP contribution in [0, 0.1) is 5.92 Å². The van der Waals surface area contributed by atoms with Gasteiger partial charge in [-0.3, -0.25) is 9.12 Å².